The quantitative estimate of drug-likeness (QED) is 0.651. The van der Waals surface area contributed by atoms with Gasteiger partial charge in [0.1, 0.15) is 23.0 Å². The number of benzene rings is 1. The van der Waals surface area contributed by atoms with Gasteiger partial charge in [0.05, 0.1) is 12.7 Å². The van der Waals surface area contributed by atoms with E-state index in [2.05, 4.69) is 10.3 Å². The average Bonchev–Trinajstić information content (AvgIpc) is 3.03. The molecule has 2 rings (SSSR count). The maximum Gasteiger partial charge on any atom is 0.434 e. The van der Waals surface area contributed by atoms with Crippen molar-refractivity contribution in [2.45, 2.75) is 59.0 Å². The molecule has 1 aromatic heterocycles. The molecule has 0 saturated carbocycles. The molecule has 0 unspecified atom stereocenters. The number of nitrogens with zero attached hydrogens (tertiary/aromatic N) is 2. The van der Waals surface area contributed by atoms with Gasteiger partial charge in [-0.1, -0.05) is 0 Å². The summed E-state index contributed by atoms with van der Waals surface area (Å²) in [6.07, 6.45) is -4.51. The van der Waals surface area contributed by atoms with Crippen molar-refractivity contribution in [2.24, 2.45) is 0 Å². The molecule has 0 radical (unpaired) electrons. The van der Waals surface area contributed by atoms with Gasteiger partial charge in [0.2, 0.25) is 0 Å². The molecule has 1 N–H and O–H groups in total. The van der Waals surface area contributed by atoms with Crippen LogP contribution in [-0.4, -0.2) is 28.4 Å². The normalized spacial score (nSPS) is 12.2. The topological polar surface area (TPSA) is 65.4 Å². The summed E-state index contributed by atoms with van der Waals surface area (Å²) in [5, 5.41) is 2.49. The number of halogens is 4. The molecule has 0 aliphatic carbocycles. The summed E-state index contributed by atoms with van der Waals surface area (Å²) in [5.41, 5.74) is -1.66. The third-order valence-electron chi connectivity index (χ3n) is 3.97. The zero-order chi connectivity index (χ0) is 22.9. The van der Waals surface area contributed by atoms with Crippen molar-refractivity contribution in [3.05, 3.63) is 35.4 Å². The highest BCUT2D eigenvalue weighted by molar-refractivity contribution is 5.69. The third kappa shape index (κ3) is 5.64. The number of alkyl halides is 3. The fraction of sp³-hybridized carbons (Fsp3) is 0.500. The molecule has 30 heavy (non-hydrogen) atoms. The van der Waals surface area contributed by atoms with Gasteiger partial charge in [-0.2, -0.15) is 13.2 Å². The number of carbonyl (C=O) groups is 1. The Morgan fingerprint density at radius 2 is 1.87 bits per heavy atom. The van der Waals surface area contributed by atoms with Gasteiger partial charge >= 0.3 is 12.3 Å². The number of carbonyl (C=O) groups excluding carboxylic acids is 1. The molecular formula is C20H25F4N3O3. The van der Waals surface area contributed by atoms with Crippen LogP contribution in [0.4, 0.5) is 22.4 Å². The zero-order valence-corrected chi connectivity index (χ0v) is 17.6. The minimum atomic E-state index is -4.67. The fourth-order valence-electron chi connectivity index (χ4n) is 2.71. The van der Waals surface area contributed by atoms with Crippen molar-refractivity contribution in [1.82, 2.24) is 14.9 Å². The first-order valence-corrected chi connectivity index (χ1v) is 9.22. The first-order valence-electron chi connectivity index (χ1n) is 9.22. The van der Waals surface area contributed by atoms with Crippen LogP contribution in [0.1, 0.15) is 51.9 Å². The minimum absolute atomic E-state index is 0.00258. The number of amides is 1. The second-order valence-electron chi connectivity index (χ2n) is 7.96. The van der Waals surface area contributed by atoms with Crippen molar-refractivity contribution in [2.75, 3.05) is 7.11 Å². The molecule has 6 nitrogen and oxygen atoms in total. The second-order valence-corrected chi connectivity index (χ2v) is 7.96. The number of rotatable bonds is 5. The molecule has 0 saturated heterocycles. The number of imidazole rings is 1. The first kappa shape index (κ1) is 23.5. The van der Waals surface area contributed by atoms with E-state index in [1.54, 1.807) is 34.6 Å². The number of nitrogens with one attached hydrogen (secondary N) is 1. The Hall–Kier alpha value is -2.78. The molecule has 10 heteroatoms. The molecule has 0 spiro atoms. The first-order chi connectivity index (χ1) is 13.7. The van der Waals surface area contributed by atoms with Crippen LogP contribution in [0.5, 0.6) is 5.75 Å². The lowest BCUT2D eigenvalue weighted by Crippen LogP contribution is -2.32. The number of hydrogen-bond acceptors (Lipinski definition) is 4. The largest absolute Gasteiger partial charge is 0.496 e. The van der Waals surface area contributed by atoms with Crippen molar-refractivity contribution in [3.8, 4) is 17.1 Å². The van der Waals surface area contributed by atoms with Gasteiger partial charge in [-0.05, 0) is 52.3 Å². The van der Waals surface area contributed by atoms with Crippen LogP contribution >= 0.6 is 0 Å². The summed E-state index contributed by atoms with van der Waals surface area (Å²) in [4.78, 5) is 15.4. The van der Waals surface area contributed by atoms with Crippen LogP contribution in [0.2, 0.25) is 0 Å². The molecule has 0 aliphatic heterocycles. The lowest BCUT2D eigenvalue weighted by Gasteiger charge is -2.20. The molecule has 1 heterocycles. The van der Waals surface area contributed by atoms with E-state index >= 15 is 0 Å². The molecular weight excluding hydrogens is 406 g/mol. The molecule has 1 aromatic carbocycles. The van der Waals surface area contributed by atoms with Crippen LogP contribution < -0.4 is 10.1 Å². The molecule has 0 bridgehead atoms. The Morgan fingerprint density at radius 1 is 1.23 bits per heavy atom. The van der Waals surface area contributed by atoms with Crippen molar-refractivity contribution in [1.29, 1.82) is 0 Å². The smallest absolute Gasteiger partial charge is 0.434 e. The lowest BCUT2D eigenvalue weighted by molar-refractivity contribution is -0.140. The Morgan fingerprint density at radius 3 is 2.37 bits per heavy atom. The van der Waals surface area contributed by atoms with E-state index in [0.717, 1.165) is 12.3 Å². The van der Waals surface area contributed by atoms with E-state index in [4.69, 9.17) is 9.47 Å². The van der Waals surface area contributed by atoms with Crippen LogP contribution in [0.3, 0.4) is 0 Å². The summed E-state index contributed by atoms with van der Waals surface area (Å²) in [6.45, 7) is 8.38. The van der Waals surface area contributed by atoms with Crippen LogP contribution in [0.15, 0.2) is 18.3 Å². The van der Waals surface area contributed by atoms with Gasteiger partial charge in [-0.25, -0.2) is 14.2 Å². The Balaban J connectivity index is 2.42. The second kappa shape index (κ2) is 8.53. The van der Waals surface area contributed by atoms with Crippen LogP contribution in [0.25, 0.3) is 11.4 Å². The van der Waals surface area contributed by atoms with Gasteiger partial charge in [0.25, 0.3) is 0 Å². The van der Waals surface area contributed by atoms with Gasteiger partial charge in [0.15, 0.2) is 5.69 Å². The zero-order valence-electron chi connectivity index (χ0n) is 17.6. The summed E-state index contributed by atoms with van der Waals surface area (Å²) >= 11 is 0. The molecule has 166 valence electrons. The predicted octanol–water partition coefficient (Wildman–Crippen LogP) is 5.32. The van der Waals surface area contributed by atoms with Gasteiger partial charge in [-0.3, -0.25) is 0 Å². The van der Waals surface area contributed by atoms with Gasteiger partial charge in [0, 0.05) is 18.8 Å². The van der Waals surface area contributed by atoms with E-state index in [9.17, 15) is 22.4 Å². The summed E-state index contributed by atoms with van der Waals surface area (Å²) < 4.78 is 66.0. The predicted molar refractivity (Wildman–Crippen MR) is 103 cm³/mol. The summed E-state index contributed by atoms with van der Waals surface area (Å²) in [6, 6.07) is 2.14. The maximum atomic E-state index is 15.0. The van der Waals surface area contributed by atoms with E-state index < -0.39 is 35.4 Å². The van der Waals surface area contributed by atoms with Crippen molar-refractivity contribution >= 4 is 6.09 Å². The molecule has 0 aliphatic rings. The summed E-state index contributed by atoms with van der Waals surface area (Å²) in [7, 11) is 1.27. The monoisotopic (exact) mass is 431 g/mol. The minimum Gasteiger partial charge on any atom is -0.496 e. The highest BCUT2D eigenvalue weighted by Gasteiger charge is 2.36. The standard InChI is InChI=1S/C20H25F4N3O3/c1-11(2)27-10-15(20(22,23)24)26-17(27)16-13(21)7-12(8-14(16)29-6)9-25-18(28)30-19(3,4)5/h7-8,10-11H,9H2,1-6H3,(H,25,28). The molecule has 0 fully saturated rings. The Bertz CT molecular complexity index is 915. The highest BCUT2D eigenvalue weighted by Crippen LogP contribution is 2.37. The van der Waals surface area contributed by atoms with E-state index in [-0.39, 0.29) is 23.7 Å². The Labute approximate surface area is 172 Å². The molecule has 0 atom stereocenters. The van der Waals surface area contributed by atoms with E-state index in [1.807, 2.05) is 0 Å². The number of alkyl carbamates (subject to hydrolysis) is 1. The molecule has 2 aromatic rings. The van der Waals surface area contributed by atoms with Crippen LogP contribution in [0, 0.1) is 5.82 Å². The third-order valence-corrected chi connectivity index (χ3v) is 3.97. The van der Waals surface area contributed by atoms with Crippen molar-refractivity contribution in [3.63, 3.8) is 0 Å². The number of methoxy groups -OCH3 is 1. The van der Waals surface area contributed by atoms with E-state index in [1.165, 1.54) is 17.7 Å². The number of hydrogen-bond donors (Lipinski definition) is 1. The summed E-state index contributed by atoms with van der Waals surface area (Å²) in [5.74, 6) is -1.02. The van der Waals surface area contributed by atoms with Gasteiger partial charge < -0.3 is 19.4 Å². The molecule has 1 amide bonds. The van der Waals surface area contributed by atoms with E-state index in [0.29, 0.717) is 5.56 Å². The van der Waals surface area contributed by atoms with Crippen LogP contribution in [-0.2, 0) is 17.5 Å². The van der Waals surface area contributed by atoms with Crippen molar-refractivity contribution < 1.29 is 31.8 Å². The number of aromatic nitrogens is 2. The van der Waals surface area contributed by atoms with Gasteiger partial charge in [-0.15, -0.1) is 0 Å². The highest BCUT2D eigenvalue weighted by atomic mass is 19.4. The maximum absolute atomic E-state index is 15.0. The Kier molecular flexibility index (Phi) is 6.68. The lowest BCUT2D eigenvalue weighted by atomic mass is 10.1. The number of ether oxygens (including phenoxy) is 2. The fourth-order valence-corrected chi connectivity index (χ4v) is 2.71. The average molecular weight is 431 g/mol. The SMILES string of the molecule is COc1cc(CNC(=O)OC(C)(C)C)cc(F)c1-c1nc(C(F)(F)F)cn1C(C)C.